The van der Waals surface area contributed by atoms with Gasteiger partial charge in [-0.3, -0.25) is 65.5 Å². The van der Waals surface area contributed by atoms with Gasteiger partial charge < -0.3 is 14.7 Å². The van der Waals surface area contributed by atoms with Crippen LogP contribution in [-0.4, -0.2) is 83.1 Å². The third kappa shape index (κ3) is 12.6. The van der Waals surface area contributed by atoms with E-state index in [2.05, 4.69) is 25.0 Å². The number of hydrazone groups is 1. The molecule has 1 fully saturated rings. The smallest absolute Gasteiger partial charge is 0.303 e. The molecule has 49 heavy (non-hydrogen) atoms. The van der Waals surface area contributed by atoms with E-state index in [1.807, 2.05) is 0 Å². The van der Waals surface area contributed by atoms with Crippen molar-refractivity contribution < 1.29 is 29.4 Å². The van der Waals surface area contributed by atoms with E-state index in [1.54, 1.807) is 32.6 Å². The van der Waals surface area contributed by atoms with Gasteiger partial charge in [0.1, 0.15) is 36.5 Å². The number of hydrogen-bond acceptors (Lipinski definition) is 16. The molecular formula is C27H35N11O11. The van der Waals surface area contributed by atoms with Gasteiger partial charge in [-0.1, -0.05) is 14.9 Å². The summed E-state index contributed by atoms with van der Waals surface area (Å²) >= 11 is 0. The summed E-state index contributed by atoms with van der Waals surface area (Å²) in [4.78, 5) is 62.7. The molecule has 0 spiro atoms. The molecule has 22 nitrogen and oxygen atoms in total. The second-order valence-electron chi connectivity index (χ2n) is 9.19. The van der Waals surface area contributed by atoms with E-state index in [1.165, 1.54) is 31.0 Å². The number of pyridine rings is 3. The minimum atomic E-state index is -0.739. The van der Waals surface area contributed by atoms with Gasteiger partial charge in [-0.25, -0.2) is 0 Å². The van der Waals surface area contributed by atoms with Crippen LogP contribution in [0.15, 0.2) is 54.5 Å². The average molecular weight is 690 g/mol. The molecule has 0 radical (unpaired) electrons. The zero-order chi connectivity index (χ0) is 35.1. The molecule has 0 bridgehead atoms. The van der Waals surface area contributed by atoms with E-state index >= 15 is 0 Å². The summed E-state index contributed by atoms with van der Waals surface area (Å²) in [6.45, 7) is 3.32. The third-order valence-electron chi connectivity index (χ3n) is 5.79. The van der Waals surface area contributed by atoms with Crippen LogP contribution in [0.3, 0.4) is 0 Å². The average Bonchev–Trinajstić information content (AvgIpc) is 3.76. The Bertz CT molecular complexity index is 1700. The van der Waals surface area contributed by atoms with Gasteiger partial charge in [0.05, 0.1) is 47.9 Å². The van der Waals surface area contributed by atoms with Crippen LogP contribution in [-0.2, 0) is 4.74 Å². The van der Waals surface area contributed by atoms with Crippen molar-refractivity contribution in [3.05, 3.63) is 111 Å². The number of fused-ring (bicyclic) bond motifs is 1. The number of nitrogens with zero attached hydrogens (tertiary/aromatic N) is 10. The fourth-order valence-electron chi connectivity index (χ4n) is 3.54. The molecule has 0 amide bonds. The highest BCUT2D eigenvalue weighted by Gasteiger charge is 2.24. The molecular weight excluding hydrogens is 654 g/mol. The van der Waals surface area contributed by atoms with Crippen molar-refractivity contribution in [3.8, 4) is 0 Å². The van der Waals surface area contributed by atoms with Crippen molar-refractivity contribution in [1.82, 2.24) is 24.9 Å². The number of nitrogens with one attached hydrogen (secondary N) is 1. The van der Waals surface area contributed by atoms with E-state index in [0.29, 0.717) is 10.9 Å². The molecule has 0 aromatic carbocycles. The molecule has 1 aliphatic rings. The molecule has 4 aromatic rings. The van der Waals surface area contributed by atoms with Crippen molar-refractivity contribution in [2.45, 2.75) is 34.6 Å². The number of ether oxygens (including phenoxy) is 1. The predicted octanol–water partition coefficient (Wildman–Crippen LogP) is 5.54. The maximum absolute atomic E-state index is 10.7. The molecule has 0 aliphatic carbocycles. The van der Waals surface area contributed by atoms with Crippen molar-refractivity contribution in [2.75, 3.05) is 27.3 Å². The van der Waals surface area contributed by atoms with Crippen LogP contribution in [0.5, 0.6) is 0 Å². The largest absolute Gasteiger partial charge is 0.381 e. The first-order valence-corrected chi connectivity index (χ1v) is 13.1. The molecule has 1 saturated heterocycles. The SMILES string of the molecule is C.C.C1CCOC1.CN(C)/N=C/c1c([N+](=O)[O-])cncc1[N+](=O)[O-].Cc1c([N+](=O)[O-])cncc1[N+](=O)[O-].O=[N+]([O-])c1cncc2[nH]ccc12. The van der Waals surface area contributed by atoms with Crippen LogP contribution in [0.4, 0.5) is 28.4 Å². The Kier molecular flexibility index (Phi) is 17.8. The molecule has 4 aromatic heterocycles. The number of aromatic amines is 1. The predicted molar refractivity (Wildman–Crippen MR) is 177 cm³/mol. The number of nitro groups is 5. The maximum Gasteiger partial charge on any atom is 0.303 e. The van der Waals surface area contributed by atoms with Crippen molar-refractivity contribution >= 4 is 45.6 Å². The van der Waals surface area contributed by atoms with E-state index in [9.17, 15) is 50.6 Å². The van der Waals surface area contributed by atoms with Crippen LogP contribution >= 0.6 is 0 Å². The van der Waals surface area contributed by atoms with Crippen LogP contribution < -0.4 is 0 Å². The first kappa shape index (κ1) is 42.4. The fraction of sp³-hybridized carbons (Fsp3) is 0.333. The highest BCUT2D eigenvalue weighted by atomic mass is 16.6. The minimum absolute atomic E-state index is 0. The van der Waals surface area contributed by atoms with Gasteiger partial charge in [-0.05, 0) is 25.8 Å². The molecule has 1 N–H and O–H groups in total. The number of H-pyrrole nitrogens is 1. The van der Waals surface area contributed by atoms with E-state index < -0.39 is 36.0 Å². The monoisotopic (exact) mass is 689 g/mol. The Balaban J connectivity index is 0.000000652. The van der Waals surface area contributed by atoms with Gasteiger partial charge in [-0.15, -0.1) is 0 Å². The van der Waals surface area contributed by atoms with E-state index in [-0.39, 0.29) is 43.0 Å². The fourth-order valence-corrected chi connectivity index (χ4v) is 3.54. The molecule has 0 atom stereocenters. The standard InChI is InChI=1S/C8H9N5O4.C7H5N3O2.C6H5N3O4.C4H8O.2CH4/c1-11(2)10-3-6-7(12(14)15)4-9-5-8(6)13(16)17;11-10(12)7-4-8-3-6-5(7)1-2-9-6;1-4-5(8(10)11)2-7-3-6(4)9(12)13;1-2-4-5-3-1;;/h3-5H,1-2H3;1-4,9H;2-3H,1H3;1-4H2;2*1H4/b10-3+;;;;;. The molecule has 1 aliphatic heterocycles. The summed E-state index contributed by atoms with van der Waals surface area (Å²) in [6, 6.07) is 1.66. The maximum atomic E-state index is 10.7. The summed E-state index contributed by atoms with van der Waals surface area (Å²) in [5.41, 5.74) is -1.02. The summed E-state index contributed by atoms with van der Waals surface area (Å²) in [5, 5.41) is 58.3. The number of aromatic nitrogens is 4. The molecule has 5 heterocycles. The second kappa shape index (κ2) is 20.5. The zero-order valence-electron chi connectivity index (χ0n) is 25.0. The van der Waals surface area contributed by atoms with Gasteiger partial charge in [0, 0.05) is 33.5 Å². The number of hydrogen-bond donors (Lipinski definition) is 1. The molecule has 264 valence electrons. The van der Waals surface area contributed by atoms with Crippen molar-refractivity contribution in [2.24, 2.45) is 5.10 Å². The van der Waals surface area contributed by atoms with Gasteiger partial charge in [0.15, 0.2) is 5.56 Å². The molecule has 5 rings (SSSR count). The summed E-state index contributed by atoms with van der Waals surface area (Å²) in [7, 11) is 3.19. The molecule has 0 unspecified atom stereocenters. The summed E-state index contributed by atoms with van der Waals surface area (Å²) in [5.74, 6) is 0. The minimum Gasteiger partial charge on any atom is -0.381 e. The zero-order valence-corrected chi connectivity index (χ0v) is 25.0. The normalized spacial score (nSPS) is 11.2. The van der Waals surface area contributed by atoms with Crippen LogP contribution in [0.1, 0.15) is 38.8 Å². The van der Waals surface area contributed by atoms with Gasteiger partial charge >= 0.3 is 11.4 Å². The third-order valence-corrected chi connectivity index (χ3v) is 5.79. The van der Waals surface area contributed by atoms with Crippen LogP contribution in [0.25, 0.3) is 10.9 Å². The van der Waals surface area contributed by atoms with Crippen LogP contribution in [0.2, 0.25) is 0 Å². The quantitative estimate of drug-likeness (QED) is 0.141. The first-order valence-electron chi connectivity index (χ1n) is 13.1. The van der Waals surface area contributed by atoms with Crippen molar-refractivity contribution in [1.29, 1.82) is 0 Å². The van der Waals surface area contributed by atoms with Gasteiger partial charge in [-0.2, -0.15) is 5.10 Å². The van der Waals surface area contributed by atoms with Gasteiger partial charge in [0.25, 0.3) is 17.1 Å². The highest BCUT2D eigenvalue weighted by molar-refractivity contribution is 5.90. The summed E-state index contributed by atoms with van der Waals surface area (Å²) in [6.07, 6.45) is 12.0. The Morgan fingerprint density at radius 2 is 1.12 bits per heavy atom. The lowest BCUT2D eigenvalue weighted by atomic mass is 10.2. The van der Waals surface area contributed by atoms with Gasteiger partial charge in [0.2, 0.25) is 0 Å². The topological polar surface area (TPSA) is 295 Å². The Hall–Kier alpha value is -6.58. The Labute approximate surface area is 278 Å². The molecule has 0 saturated carbocycles. The van der Waals surface area contributed by atoms with Crippen LogP contribution in [0, 0.1) is 57.5 Å². The highest BCUT2D eigenvalue weighted by Crippen LogP contribution is 2.26. The first-order chi connectivity index (χ1) is 22.3. The second-order valence-corrected chi connectivity index (χ2v) is 9.19. The van der Waals surface area contributed by atoms with E-state index in [0.717, 1.165) is 44.2 Å². The lowest BCUT2D eigenvalue weighted by Crippen LogP contribution is -2.05. The number of rotatable bonds is 7. The van der Waals surface area contributed by atoms with E-state index in [4.69, 9.17) is 4.74 Å². The summed E-state index contributed by atoms with van der Waals surface area (Å²) < 4.78 is 4.94. The Morgan fingerprint density at radius 1 is 0.714 bits per heavy atom. The Morgan fingerprint density at radius 3 is 1.51 bits per heavy atom. The molecule has 22 heteroatoms. The lowest BCUT2D eigenvalue weighted by molar-refractivity contribution is -0.395. The lowest BCUT2D eigenvalue weighted by Gasteiger charge is -2.03. The van der Waals surface area contributed by atoms with Crippen molar-refractivity contribution in [3.63, 3.8) is 0 Å².